The zero-order valence-corrected chi connectivity index (χ0v) is 24.7. The van der Waals surface area contributed by atoms with Crippen LogP contribution in [-0.2, 0) is 45.1 Å². The van der Waals surface area contributed by atoms with E-state index in [4.69, 9.17) is 4.74 Å². The Balaban J connectivity index is 1.38. The molecule has 0 radical (unpaired) electrons. The molecule has 2 aliphatic rings. The number of alkyl halides is 3. The minimum absolute atomic E-state index is 0.165. The van der Waals surface area contributed by atoms with Crippen molar-refractivity contribution < 1.29 is 45.9 Å². The van der Waals surface area contributed by atoms with Gasteiger partial charge in [0.05, 0.1) is 6.61 Å². The molecule has 1 fully saturated rings. The van der Waals surface area contributed by atoms with E-state index in [0.717, 1.165) is 17.7 Å². The summed E-state index contributed by atoms with van der Waals surface area (Å²) in [5, 5.41) is 4.82. The van der Waals surface area contributed by atoms with Gasteiger partial charge < -0.3 is 19.9 Å². The molecule has 1 heterocycles. The summed E-state index contributed by atoms with van der Waals surface area (Å²) in [5.74, 6) is -5.05. The van der Waals surface area contributed by atoms with Crippen molar-refractivity contribution in [2.75, 3.05) is 18.9 Å². The van der Waals surface area contributed by atoms with Crippen LogP contribution in [0.15, 0.2) is 66.7 Å². The van der Waals surface area contributed by atoms with Gasteiger partial charge in [0, 0.05) is 38.2 Å². The summed E-state index contributed by atoms with van der Waals surface area (Å²) >= 11 is 0. The zero-order valence-electron chi connectivity index (χ0n) is 24.7. The molecule has 5 rings (SSSR count). The van der Waals surface area contributed by atoms with Crippen molar-refractivity contribution in [2.45, 2.75) is 50.2 Å². The summed E-state index contributed by atoms with van der Waals surface area (Å²) in [4.78, 5) is 53.3. The predicted octanol–water partition coefficient (Wildman–Crippen LogP) is 4.49. The van der Waals surface area contributed by atoms with Gasteiger partial charge >= 0.3 is 12.2 Å². The van der Waals surface area contributed by atoms with Crippen LogP contribution in [0.25, 0.3) is 0 Å². The van der Waals surface area contributed by atoms with Crippen LogP contribution in [0.1, 0.15) is 29.2 Å². The molecule has 14 heteroatoms. The topological polar surface area (TPSA) is 108 Å². The smallest absolute Gasteiger partial charge is 0.352 e. The van der Waals surface area contributed by atoms with Crippen molar-refractivity contribution in [3.63, 3.8) is 0 Å². The second-order valence-electron chi connectivity index (χ2n) is 11.5. The van der Waals surface area contributed by atoms with Gasteiger partial charge in [-0.2, -0.15) is 13.2 Å². The van der Waals surface area contributed by atoms with Gasteiger partial charge in [0.2, 0.25) is 11.5 Å². The molecule has 0 bridgehead atoms. The molecule has 3 aromatic rings. The van der Waals surface area contributed by atoms with E-state index in [1.165, 1.54) is 30.1 Å². The number of amides is 5. The summed E-state index contributed by atoms with van der Waals surface area (Å²) in [6, 6.07) is 14.3. The first-order valence-corrected chi connectivity index (χ1v) is 14.1. The number of urea groups is 1. The monoisotopic (exact) mass is 644 g/mol. The summed E-state index contributed by atoms with van der Waals surface area (Å²) in [6.45, 7) is -1.74. The molecule has 1 aliphatic carbocycles. The highest BCUT2D eigenvalue weighted by molar-refractivity contribution is 6.07. The molecule has 2 N–H and O–H groups in total. The zero-order chi connectivity index (χ0) is 33.4. The molecule has 0 aromatic heterocycles. The van der Waals surface area contributed by atoms with Crippen molar-refractivity contribution in [3.05, 3.63) is 101 Å². The number of nitrogens with one attached hydrogen (secondary N) is 2. The highest BCUT2D eigenvalue weighted by Gasteiger charge is 2.60. The summed E-state index contributed by atoms with van der Waals surface area (Å²) in [6.07, 6.45) is -4.83. The fraction of sp³-hybridized carbons (Fsp3) is 0.312. The van der Waals surface area contributed by atoms with Crippen LogP contribution in [0, 0.1) is 11.6 Å². The number of halogens is 5. The fourth-order valence-electron chi connectivity index (χ4n) is 5.64. The number of benzene rings is 3. The Hall–Kier alpha value is -4.85. The van der Waals surface area contributed by atoms with E-state index < -0.39 is 72.4 Å². The Kier molecular flexibility index (Phi) is 8.60. The molecule has 0 saturated carbocycles. The average Bonchev–Trinajstić information content (AvgIpc) is 3.46. The second-order valence-corrected chi connectivity index (χ2v) is 11.5. The lowest BCUT2D eigenvalue weighted by molar-refractivity contribution is -0.269. The molecule has 3 aromatic carbocycles. The van der Waals surface area contributed by atoms with Gasteiger partial charge in [0.1, 0.15) is 23.7 Å². The van der Waals surface area contributed by atoms with Gasteiger partial charge in [-0.05, 0) is 53.4 Å². The van der Waals surface area contributed by atoms with Gasteiger partial charge in [-0.15, -0.1) is 0 Å². The standard InChI is InChI=1S/C32H29F5N4O5/c1-30(32(35,36)37,46-18-19-6-4-3-5-7-19)28(44)41(16-20-10-23(33)13-24(34)11-20)17-26(42)38-25-9-8-21-14-31(15-22(21)12-25)27(43)39-29(45)40(31)2/h3-13H,14-18H2,1-2H3,(H,38,42)(H,39,43,45). The first-order valence-electron chi connectivity index (χ1n) is 14.1. The number of fused-ring (bicyclic) bond motifs is 1. The summed E-state index contributed by atoms with van der Waals surface area (Å²) in [7, 11) is 1.50. The molecule has 46 heavy (non-hydrogen) atoms. The molecule has 242 valence electrons. The van der Waals surface area contributed by atoms with Crippen molar-refractivity contribution in [2.24, 2.45) is 0 Å². The maximum Gasteiger partial charge on any atom is 0.426 e. The largest absolute Gasteiger partial charge is 0.426 e. The molecule has 1 aliphatic heterocycles. The quantitative estimate of drug-likeness (QED) is 0.264. The lowest BCUT2D eigenvalue weighted by Crippen LogP contribution is -2.58. The van der Waals surface area contributed by atoms with E-state index in [2.05, 4.69) is 10.6 Å². The lowest BCUT2D eigenvalue weighted by atomic mass is 9.95. The maximum absolute atomic E-state index is 14.5. The number of hydrogen-bond acceptors (Lipinski definition) is 5. The van der Waals surface area contributed by atoms with E-state index in [-0.39, 0.29) is 24.1 Å². The number of anilines is 1. The van der Waals surface area contributed by atoms with Crippen molar-refractivity contribution in [1.82, 2.24) is 15.1 Å². The van der Waals surface area contributed by atoms with E-state index in [1.807, 2.05) is 0 Å². The molecule has 9 nitrogen and oxygen atoms in total. The minimum Gasteiger partial charge on any atom is -0.352 e. The second kappa shape index (κ2) is 12.2. The van der Waals surface area contributed by atoms with Gasteiger partial charge in [-0.3, -0.25) is 19.7 Å². The van der Waals surface area contributed by atoms with Crippen LogP contribution in [0.4, 0.5) is 32.4 Å². The fourth-order valence-corrected chi connectivity index (χ4v) is 5.64. The van der Waals surface area contributed by atoms with Gasteiger partial charge in [-0.25, -0.2) is 13.6 Å². The van der Waals surface area contributed by atoms with E-state index >= 15 is 0 Å². The van der Waals surface area contributed by atoms with Crippen LogP contribution in [-0.4, -0.2) is 64.5 Å². The molecular formula is C32H29F5N4O5. The Morgan fingerprint density at radius 2 is 1.61 bits per heavy atom. The molecule has 5 amide bonds. The number of hydrogen-bond donors (Lipinski definition) is 2. The Labute approximate surface area is 260 Å². The van der Waals surface area contributed by atoms with Crippen LogP contribution >= 0.6 is 0 Å². The van der Waals surface area contributed by atoms with Crippen LogP contribution in [0.3, 0.4) is 0 Å². The summed E-state index contributed by atoms with van der Waals surface area (Å²) < 4.78 is 76.5. The number of likely N-dealkylation sites (N-methyl/N-ethyl adjacent to an activating group) is 1. The average molecular weight is 645 g/mol. The number of carbonyl (C=O) groups excluding carboxylic acids is 4. The predicted molar refractivity (Wildman–Crippen MR) is 154 cm³/mol. The Morgan fingerprint density at radius 3 is 2.22 bits per heavy atom. The number of imide groups is 1. The highest BCUT2D eigenvalue weighted by Crippen LogP contribution is 2.39. The van der Waals surface area contributed by atoms with E-state index in [1.54, 1.807) is 30.3 Å². The Morgan fingerprint density at radius 1 is 0.957 bits per heavy atom. The Bertz CT molecular complexity index is 1680. The SMILES string of the molecule is CN1C(=O)NC(=O)C12Cc1ccc(NC(=O)CN(Cc3cc(F)cc(F)c3)C(=O)C(C)(OCc3ccccc3)C(F)(F)F)cc1C2. The summed E-state index contributed by atoms with van der Waals surface area (Å²) in [5.41, 5.74) is -2.74. The molecule has 2 unspecified atom stereocenters. The molecule has 1 spiro atoms. The van der Waals surface area contributed by atoms with Crippen LogP contribution in [0.2, 0.25) is 0 Å². The number of rotatable bonds is 9. The first-order chi connectivity index (χ1) is 21.6. The third-order valence-corrected chi connectivity index (χ3v) is 8.28. The molecular weight excluding hydrogens is 615 g/mol. The van der Waals surface area contributed by atoms with Gasteiger partial charge in [-0.1, -0.05) is 36.4 Å². The van der Waals surface area contributed by atoms with Crippen molar-refractivity contribution in [1.29, 1.82) is 0 Å². The maximum atomic E-state index is 14.5. The van der Waals surface area contributed by atoms with E-state index in [9.17, 15) is 41.1 Å². The minimum atomic E-state index is -5.24. The lowest BCUT2D eigenvalue weighted by Gasteiger charge is -2.35. The van der Waals surface area contributed by atoms with Crippen molar-refractivity contribution >= 4 is 29.4 Å². The highest BCUT2D eigenvalue weighted by atomic mass is 19.4. The third kappa shape index (κ3) is 6.29. The number of carbonyl (C=O) groups is 4. The van der Waals surface area contributed by atoms with Crippen LogP contribution in [0.5, 0.6) is 0 Å². The normalized spacial score (nSPS) is 18.7. The van der Waals surface area contributed by atoms with Gasteiger partial charge in [0.25, 0.3) is 11.8 Å². The molecule has 1 saturated heterocycles. The van der Waals surface area contributed by atoms with Gasteiger partial charge in [0.15, 0.2) is 0 Å². The van der Waals surface area contributed by atoms with Crippen molar-refractivity contribution in [3.8, 4) is 0 Å². The first kappa shape index (κ1) is 32.5. The van der Waals surface area contributed by atoms with Crippen LogP contribution < -0.4 is 10.6 Å². The van der Waals surface area contributed by atoms with E-state index in [0.29, 0.717) is 29.0 Å². The number of nitrogens with zero attached hydrogens (tertiary/aromatic N) is 2. The third-order valence-electron chi connectivity index (χ3n) is 8.28. The number of ether oxygens (including phenoxy) is 1. The molecule has 2 atom stereocenters.